The lowest BCUT2D eigenvalue weighted by Gasteiger charge is -2.58. The summed E-state index contributed by atoms with van der Waals surface area (Å²) in [7, 11) is 0. The third kappa shape index (κ3) is 1.38. The van der Waals surface area contributed by atoms with Crippen molar-refractivity contribution < 1.29 is 9.84 Å². The molecular formula is C13H22O2. The molecule has 0 aromatic heterocycles. The largest absolute Gasteiger partial charge is 0.386 e. The zero-order chi connectivity index (χ0) is 11.3. The Balaban J connectivity index is 2.43. The molecule has 0 saturated carbocycles. The molecule has 0 unspecified atom stereocenters. The molecule has 2 aliphatic rings. The van der Waals surface area contributed by atoms with Crippen molar-refractivity contribution in [1.29, 1.82) is 0 Å². The monoisotopic (exact) mass is 210 g/mol. The maximum Gasteiger partial charge on any atom is 0.113 e. The molecule has 2 heteroatoms. The predicted molar refractivity (Wildman–Crippen MR) is 60.7 cm³/mol. The van der Waals surface area contributed by atoms with E-state index in [2.05, 4.69) is 26.8 Å². The van der Waals surface area contributed by atoms with Crippen molar-refractivity contribution in [2.75, 3.05) is 0 Å². The second-order valence-electron chi connectivity index (χ2n) is 5.92. The van der Waals surface area contributed by atoms with Crippen LogP contribution in [0, 0.1) is 5.41 Å². The Bertz CT molecular complexity index is 295. The lowest BCUT2D eigenvalue weighted by atomic mass is 9.58. The third-order valence-electron chi connectivity index (χ3n) is 4.36. The van der Waals surface area contributed by atoms with Crippen molar-refractivity contribution in [3.63, 3.8) is 0 Å². The molecule has 0 amide bonds. The van der Waals surface area contributed by atoms with E-state index in [0.29, 0.717) is 0 Å². The van der Waals surface area contributed by atoms with Crippen LogP contribution in [0.25, 0.3) is 0 Å². The van der Waals surface area contributed by atoms with Crippen LogP contribution >= 0.6 is 0 Å². The standard InChI is InChI=1S/C13H22O2/c1-10-6-9-13(14)11(2,3)7-5-8-12(13,4)15-10/h5,8,10,14H,6-7,9H2,1-4H3/t10-,12+,13+/m0/s1. The van der Waals surface area contributed by atoms with Crippen LogP contribution in [0.1, 0.15) is 47.0 Å². The molecule has 1 saturated heterocycles. The van der Waals surface area contributed by atoms with Gasteiger partial charge in [0.15, 0.2) is 0 Å². The van der Waals surface area contributed by atoms with Gasteiger partial charge in [-0.2, -0.15) is 0 Å². The zero-order valence-corrected chi connectivity index (χ0v) is 10.2. The highest BCUT2D eigenvalue weighted by molar-refractivity contribution is 5.23. The molecule has 0 bridgehead atoms. The SMILES string of the molecule is C[C@H]1CC[C@@]2(O)C(C)(C)CC=C[C@@]2(C)O1. The molecule has 86 valence electrons. The van der Waals surface area contributed by atoms with Crippen LogP contribution < -0.4 is 0 Å². The molecule has 0 aromatic carbocycles. The Morgan fingerprint density at radius 2 is 2.00 bits per heavy atom. The number of rotatable bonds is 0. The number of aliphatic hydroxyl groups is 1. The molecule has 1 fully saturated rings. The summed E-state index contributed by atoms with van der Waals surface area (Å²) in [6.45, 7) is 8.36. The smallest absolute Gasteiger partial charge is 0.113 e. The number of hydrogen-bond acceptors (Lipinski definition) is 2. The lowest BCUT2D eigenvalue weighted by Crippen LogP contribution is -2.65. The normalized spacial score (nSPS) is 48.7. The van der Waals surface area contributed by atoms with Gasteiger partial charge in [0.25, 0.3) is 0 Å². The van der Waals surface area contributed by atoms with E-state index in [9.17, 15) is 5.11 Å². The number of ether oxygens (including phenoxy) is 1. The first-order chi connectivity index (χ1) is 6.81. The summed E-state index contributed by atoms with van der Waals surface area (Å²) in [6, 6.07) is 0. The predicted octanol–water partition coefficient (Wildman–Crippen LogP) is 2.66. The summed E-state index contributed by atoms with van der Waals surface area (Å²) in [6.07, 6.45) is 7.15. The second-order valence-corrected chi connectivity index (χ2v) is 5.92. The van der Waals surface area contributed by atoms with Gasteiger partial charge in [0, 0.05) is 5.41 Å². The summed E-state index contributed by atoms with van der Waals surface area (Å²) in [5, 5.41) is 10.9. The lowest BCUT2D eigenvalue weighted by molar-refractivity contribution is -0.252. The molecule has 2 rings (SSSR count). The van der Waals surface area contributed by atoms with Crippen LogP contribution in [-0.4, -0.2) is 22.4 Å². The van der Waals surface area contributed by atoms with Crippen molar-refractivity contribution in [2.45, 2.75) is 64.3 Å². The molecule has 0 spiro atoms. The van der Waals surface area contributed by atoms with Crippen molar-refractivity contribution in [3.8, 4) is 0 Å². The molecule has 0 aromatic rings. The van der Waals surface area contributed by atoms with Gasteiger partial charge in [-0.05, 0) is 33.1 Å². The van der Waals surface area contributed by atoms with Crippen LogP contribution in [0.4, 0.5) is 0 Å². The molecule has 1 heterocycles. The zero-order valence-electron chi connectivity index (χ0n) is 10.2. The second kappa shape index (κ2) is 3.08. The summed E-state index contributed by atoms with van der Waals surface area (Å²) >= 11 is 0. The van der Waals surface area contributed by atoms with Crippen molar-refractivity contribution in [1.82, 2.24) is 0 Å². The summed E-state index contributed by atoms with van der Waals surface area (Å²) in [4.78, 5) is 0. The molecule has 1 N–H and O–H groups in total. The van der Waals surface area contributed by atoms with Gasteiger partial charge in [0.2, 0.25) is 0 Å². The van der Waals surface area contributed by atoms with E-state index < -0.39 is 11.2 Å². The van der Waals surface area contributed by atoms with Gasteiger partial charge in [0.1, 0.15) is 11.2 Å². The average Bonchev–Trinajstić information content (AvgIpc) is 2.09. The van der Waals surface area contributed by atoms with Crippen LogP contribution in [0.5, 0.6) is 0 Å². The number of fused-ring (bicyclic) bond motifs is 1. The van der Waals surface area contributed by atoms with Crippen LogP contribution in [0.15, 0.2) is 12.2 Å². The minimum Gasteiger partial charge on any atom is -0.386 e. The van der Waals surface area contributed by atoms with Crippen molar-refractivity contribution in [2.24, 2.45) is 5.41 Å². The van der Waals surface area contributed by atoms with Crippen LogP contribution in [0.2, 0.25) is 0 Å². The van der Waals surface area contributed by atoms with E-state index in [0.717, 1.165) is 19.3 Å². The third-order valence-corrected chi connectivity index (χ3v) is 4.36. The minimum absolute atomic E-state index is 0.101. The van der Waals surface area contributed by atoms with Gasteiger partial charge in [-0.1, -0.05) is 26.0 Å². The average molecular weight is 210 g/mol. The highest BCUT2D eigenvalue weighted by Crippen LogP contribution is 2.53. The van der Waals surface area contributed by atoms with Gasteiger partial charge >= 0.3 is 0 Å². The first-order valence-corrected chi connectivity index (χ1v) is 5.89. The van der Waals surface area contributed by atoms with E-state index >= 15 is 0 Å². The van der Waals surface area contributed by atoms with E-state index in [1.807, 2.05) is 13.0 Å². The maximum absolute atomic E-state index is 10.9. The topological polar surface area (TPSA) is 29.5 Å². The Kier molecular flexibility index (Phi) is 2.29. The molecular weight excluding hydrogens is 188 g/mol. The fraction of sp³-hybridized carbons (Fsp3) is 0.846. The molecule has 2 nitrogen and oxygen atoms in total. The highest BCUT2D eigenvalue weighted by Gasteiger charge is 2.59. The van der Waals surface area contributed by atoms with Gasteiger partial charge in [0.05, 0.1) is 6.10 Å². The molecule has 3 atom stereocenters. The quantitative estimate of drug-likeness (QED) is 0.623. The van der Waals surface area contributed by atoms with E-state index in [1.165, 1.54) is 0 Å². The Labute approximate surface area is 92.3 Å². The van der Waals surface area contributed by atoms with E-state index in [-0.39, 0.29) is 11.5 Å². The Hall–Kier alpha value is -0.340. The van der Waals surface area contributed by atoms with Gasteiger partial charge in [-0.15, -0.1) is 0 Å². The molecule has 15 heavy (non-hydrogen) atoms. The Morgan fingerprint density at radius 1 is 1.33 bits per heavy atom. The maximum atomic E-state index is 10.9. The fourth-order valence-electron chi connectivity index (χ4n) is 3.17. The summed E-state index contributed by atoms with van der Waals surface area (Å²) < 4.78 is 5.98. The molecule has 1 aliphatic heterocycles. The van der Waals surface area contributed by atoms with E-state index in [4.69, 9.17) is 4.74 Å². The van der Waals surface area contributed by atoms with Crippen molar-refractivity contribution in [3.05, 3.63) is 12.2 Å². The first kappa shape index (κ1) is 11.2. The first-order valence-electron chi connectivity index (χ1n) is 5.89. The Morgan fingerprint density at radius 3 is 2.67 bits per heavy atom. The van der Waals surface area contributed by atoms with Crippen molar-refractivity contribution >= 4 is 0 Å². The highest BCUT2D eigenvalue weighted by atomic mass is 16.5. The van der Waals surface area contributed by atoms with E-state index in [1.54, 1.807) is 0 Å². The summed E-state index contributed by atoms with van der Waals surface area (Å²) in [5.41, 5.74) is -1.33. The van der Waals surface area contributed by atoms with Gasteiger partial charge in [-0.25, -0.2) is 0 Å². The fourth-order valence-corrected chi connectivity index (χ4v) is 3.17. The van der Waals surface area contributed by atoms with Gasteiger partial charge < -0.3 is 9.84 Å². The molecule has 1 aliphatic carbocycles. The summed E-state index contributed by atoms with van der Waals surface area (Å²) in [5.74, 6) is 0. The minimum atomic E-state index is -0.721. The molecule has 0 radical (unpaired) electrons. The van der Waals surface area contributed by atoms with Crippen LogP contribution in [0.3, 0.4) is 0 Å². The number of hydrogen-bond donors (Lipinski definition) is 1. The number of allylic oxidation sites excluding steroid dienone is 1. The van der Waals surface area contributed by atoms with Gasteiger partial charge in [-0.3, -0.25) is 0 Å². The van der Waals surface area contributed by atoms with Crippen LogP contribution in [-0.2, 0) is 4.74 Å².